The van der Waals surface area contributed by atoms with Crippen LogP contribution in [-0.4, -0.2) is 20.0 Å². The van der Waals surface area contributed by atoms with E-state index in [0.29, 0.717) is 0 Å². The first-order chi connectivity index (χ1) is 5.82. The number of aromatic hydroxyl groups is 2. The van der Waals surface area contributed by atoms with E-state index in [1.807, 2.05) is 0 Å². The van der Waals surface area contributed by atoms with Crippen molar-refractivity contribution in [2.45, 2.75) is 6.92 Å². The van der Waals surface area contributed by atoms with E-state index < -0.39 is 18.6 Å². The highest BCUT2D eigenvalue weighted by molar-refractivity contribution is 7.60. The lowest BCUT2D eigenvalue weighted by Crippen LogP contribution is -2.08. The second-order valence-electron chi connectivity index (χ2n) is 2.67. The fourth-order valence-electron chi connectivity index (χ4n) is 1.12. The number of aryl methyl sites for hydroxylation is 1. The molecule has 0 bridgehead atoms. The van der Waals surface area contributed by atoms with Crippen LogP contribution in [0, 0.1) is 6.92 Å². The molecule has 0 aromatic heterocycles. The summed E-state index contributed by atoms with van der Waals surface area (Å²) >= 11 is 0. The van der Waals surface area contributed by atoms with Crippen LogP contribution in [-0.2, 0) is 4.57 Å². The van der Waals surface area contributed by atoms with Crippen molar-refractivity contribution in [2.24, 2.45) is 0 Å². The molecular formula is C7H9O5P. The molecule has 13 heavy (non-hydrogen) atoms. The Morgan fingerprint density at radius 1 is 1.23 bits per heavy atom. The molecule has 6 heteroatoms. The molecule has 1 aromatic rings. The summed E-state index contributed by atoms with van der Waals surface area (Å²) in [5, 5.41) is 17.7. The van der Waals surface area contributed by atoms with E-state index in [9.17, 15) is 4.57 Å². The smallest absolute Gasteiger partial charge is 0.360 e. The van der Waals surface area contributed by atoms with Gasteiger partial charge in [0.2, 0.25) is 0 Å². The van der Waals surface area contributed by atoms with Gasteiger partial charge in [0, 0.05) is 6.07 Å². The van der Waals surface area contributed by atoms with Crippen molar-refractivity contribution in [3.05, 3.63) is 17.7 Å². The van der Waals surface area contributed by atoms with E-state index in [2.05, 4.69) is 0 Å². The minimum atomic E-state index is -4.47. The Bertz CT molecular complexity index is 357. The van der Waals surface area contributed by atoms with Gasteiger partial charge < -0.3 is 20.0 Å². The molecule has 0 spiro atoms. The summed E-state index contributed by atoms with van der Waals surface area (Å²) in [7, 11) is -4.47. The van der Waals surface area contributed by atoms with Gasteiger partial charge in [-0.25, -0.2) is 0 Å². The Morgan fingerprint density at radius 3 is 2.15 bits per heavy atom. The van der Waals surface area contributed by atoms with E-state index in [4.69, 9.17) is 20.0 Å². The van der Waals surface area contributed by atoms with Crippen LogP contribution in [0.15, 0.2) is 12.1 Å². The third-order valence-electron chi connectivity index (χ3n) is 1.56. The van der Waals surface area contributed by atoms with E-state index >= 15 is 0 Å². The van der Waals surface area contributed by atoms with E-state index in [1.165, 1.54) is 13.0 Å². The summed E-state index contributed by atoms with van der Waals surface area (Å²) in [6.45, 7) is 1.40. The zero-order valence-electron chi connectivity index (χ0n) is 6.80. The SMILES string of the molecule is Cc1cc(O)cc(O)c1P(=O)(O)O. The lowest BCUT2D eigenvalue weighted by atomic mass is 10.2. The monoisotopic (exact) mass is 204 g/mol. The van der Waals surface area contributed by atoms with Gasteiger partial charge >= 0.3 is 7.60 Å². The molecule has 0 aliphatic carbocycles. The first-order valence-electron chi connectivity index (χ1n) is 3.41. The summed E-state index contributed by atoms with van der Waals surface area (Å²) in [6, 6.07) is 2.07. The van der Waals surface area contributed by atoms with Gasteiger partial charge in [0.15, 0.2) is 0 Å². The molecule has 0 amide bonds. The summed E-state index contributed by atoms with van der Waals surface area (Å²) in [5.74, 6) is -0.821. The Kier molecular flexibility index (Phi) is 2.34. The van der Waals surface area contributed by atoms with Gasteiger partial charge in [-0.2, -0.15) is 0 Å². The lowest BCUT2D eigenvalue weighted by Gasteiger charge is -2.09. The van der Waals surface area contributed by atoms with E-state index in [-0.39, 0.29) is 11.3 Å². The molecule has 0 radical (unpaired) electrons. The maximum absolute atomic E-state index is 10.8. The quantitative estimate of drug-likeness (QED) is 0.490. The van der Waals surface area contributed by atoms with Crippen LogP contribution in [0.3, 0.4) is 0 Å². The molecule has 4 N–H and O–H groups in total. The lowest BCUT2D eigenvalue weighted by molar-refractivity contribution is 0.384. The van der Waals surface area contributed by atoms with Crippen LogP contribution in [0.4, 0.5) is 0 Å². The second-order valence-corrected chi connectivity index (χ2v) is 4.21. The molecule has 0 aliphatic rings. The summed E-state index contributed by atoms with van der Waals surface area (Å²) in [6.07, 6.45) is 0. The van der Waals surface area contributed by atoms with Crippen LogP contribution < -0.4 is 5.30 Å². The molecule has 0 aliphatic heterocycles. The van der Waals surface area contributed by atoms with Crippen LogP contribution in [0.5, 0.6) is 11.5 Å². The predicted octanol–water partition coefficient (Wildman–Crippen LogP) is 0.209. The fraction of sp³-hybridized carbons (Fsp3) is 0.143. The summed E-state index contributed by atoms with van der Waals surface area (Å²) in [4.78, 5) is 17.6. The molecule has 0 atom stereocenters. The van der Waals surface area contributed by atoms with Crippen molar-refractivity contribution < 1.29 is 24.6 Å². The summed E-state index contributed by atoms with van der Waals surface area (Å²) in [5.41, 5.74) is 0.158. The number of hydrogen-bond acceptors (Lipinski definition) is 3. The average Bonchev–Trinajstić information content (AvgIpc) is 1.78. The standard InChI is InChI=1S/C7H9O5P/c1-4-2-5(8)3-6(9)7(4)13(10,11)12/h2-3,8-9H,1H3,(H2,10,11,12). The van der Waals surface area contributed by atoms with Crippen LogP contribution in [0.1, 0.15) is 5.56 Å². The van der Waals surface area contributed by atoms with Crippen molar-refractivity contribution in [1.82, 2.24) is 0 Å². The molecule has 1 rings (SSSR count). The Labute approximate surface area is 74.4 Å². The first kappa shape index (κ1) is 10.1. The van der Waals surface area contributed by atoms with Gasteiger partial charge in [0.05, 0.1) is 0 Å². The van der Waals surface area contributed by atoms with Crippen LogP contribution in [0.2, 0.25) is 0 Å². The second kappa shape index (κ2) is 3.03. The molecule has 0 fully saturated rings. The molecule has 0 saturated heterocycles. The van der Waals surface area contributed by atoms with E-state index in [1.54, 1.807) is 0 Å². The van der Waals surface area contributed by atoms with Gasteiger partial charge in [0.1, 0.15) is 16.8 Å². The van der Waals surface area contributed by atoms with Gasteiger partial charge in [-0.15, -0.1) is 0 Å². The topological polar surface area (TPSA) is 98.0 Å². The highest BCUT2D eigenvalue weighted by atomic mass is 31.2. The van der Waals surface area contributed by atoms with Gasteiger partial charge in [0.25, 0.3) is 0 Å². The average molecular weight is 204 g/mol. The highest BCUT2D eigenvalue weighted by Gasteiger charge is 2.24. The Balaban J connectivity index is 3.47. The largest absolute Gasteiger partial charge is 0.508 e. The Hall–Kier alpha value is -1.03. The Morgan fingerprint density at radius 2 is 1.77 bits per heavy atom. The molecule has 5 nitrogen and oxygen atoms in total. The predicted molar refractivity (Wildman–Crippen MR) is 46.2 cm³/mol. The van der Waals surface area contributed by atoms with Crippen LogP contribution >= 0.6 is 7.60 Å². The minimum Gasteiger partial charge on any atom is -0.508 e. The number of benzene rings is 1. The zero-order chi connectivity index (χ0) is 10.2. The van der Waals surface area contributed by atoms with E-state index in [0.717, 1.165) is 6.07 Å². The zero-order valence-corrected chi connectivity index (χ0v) is 7.69. The van der Waals surface area contributed by atoms with Crippen molar-refractivity contribution in [3.8, 4) is 11.5 Å². The minimum absolute atomic E-state index is 0.158. The van der Waals surface area contributed by atoms with Crippen LogP contribution in [0.25, 0.3) is 0 Å². The van der Waals surface area contributed by atoms with Gasteiger partial charge in [-0.05, 0) is 18.6 Å². The molecule has 1 aromatic carbocycles. The normalized spacial score (nSPS) is 11.6. The summed E-state index contributed by atoms with van der Waals surface area (Å²) < 4.78 is 10.8. The van der Waals surface area contributed by atoms with Crippen molar-refractivity contribution in [2.75, 3.05) is 0 Å². The first-order valence-corrected chi connectivity index (χ1v) is 5.02. The van der Waals surface area contributed by atoms with Crippen molar-refractivity contribution in [3.63, 3.8) is 0 Å². The number of phenolic OH excluding ortho intramolecular Hbond substituents is 2. The maximum Gasteiger partial charge on any atom is 0.360 e. The molecular weight excluding hydrogens is 195 g/mol. The van der Waals surface area contributed by atoms with Crippen molar-refractivity contribution >= 4 is 12.9 Å². The molecule has 0 heterocycles. The highest BCUT2D eigenvalue weighted by Crippen LogP contribution is 2.39. The molecule has 0 unspecified atom stereocenters. The van der Waals surface area contributed by atoms with Gasteiger partial charge in [-0.3, -0.25) is 4.57 Å². The fourth-order valence-corrected chi connectivity index (χ4v) is 2.01. The molecule has 0 saturated carbocycles. The third kappa shape index (κ3) is 2.01. The number of rotatable bonds is 1. The molecule has 72 valence electrons. The number of phenols is 2. The number of hydrogen-bond donors (Lipinski definition) is 4. The van der Waals surface area contributed by atoms with Crippen molar-refractivity contribution in [1.29, 1.82) is 0 Å². The maximum atomic E-state index is 10.8. The third-order valence-corrected chi connectivity index (χ3v) is 2.72. The van der Waals surface area contributed by atoms with Gasteiger partial charge in [-0.1, -0.05) is 0 Å².